The van der Waals surface area contributed by atoms with Gasteiger partial charge in [0, 0.05) is 18.7 Å². The first kappa shape index (κ1) is 14.9. The molecule has 2 aromatic rings. The van der Waals surface area contributed by atoms with Gasteiger partial charge in [-0.25, -0.2) is 4.98 Å². The highest BCUT2D eigenvalue weighted by Crippen LogP contribution is 2.34. The van der Waals surface area contributed by atoms with E-state index in [2.05, 4.69) is 9.55 Å². The van der Waals surface area contributed by atoms with Gasteiger partial charge in [0.25, 0.3) is 0 Å². The first-order valence-corrected chi connectivity index (χ1v) is 8.70. The molecule has 114 valence electrons. The van der Waals surface area contributed by atoms with Gasteiger partial charge in [0.2, 0.25) is 0 Å². The molecule has 0 N–H and O–H groups in total. The minimum Gasteiger partial charge on any atom is -0.493 e. The second kappa shape index (κ2) is 6.36. The van der Waals surface area contributed by atoms with Crippen LogP contribution in [0.2, 0.25) is 0 Å². The van der Waals surface area contributed by atoms with Crippen molar-refractivity contribution in [2.45, 2.75) is 18.8 Å². The van der Waals surface area contributed by atoms with E-state index >= 15 is 0 Å². The fraction of sp³-hybridized carbons (Fsp3) is 0.533. The molecule has 0 aliphatic carbocycles. The number of halogens is 1. The number of thioether (sulfide) groups is 1. The van der Waals surface area contributed by atoms with Crippen molar-refractivity contribution in [2.75, 3.05) is 25.7 Å². The number of ether oxygens (including phenoxy) is 2. The van der Waals surface area contributed by atoms with E-state index in [9.17, 15) is 0 Å². The summed E-state index contributed by atoms with van der Waals surface area (Å²) >= 11 is 8.11. The van der Waals surface area contributed by atoms with Crippen molar-refractivity contribution in [3.8, 4) is 11.5 Å². The van der Waals surface area contributed by atoms with Crippen molar-refractivity contribution >= 4 is 34.4 Å². The molecule has 0 saturated carbocycles. The van der Waals surface area contributed by atoms with Crippen LogP contribution >= 0.6 is 23.4 Å². The Morgan fingerprint density at radius 1 is 1.33 bits per heavy atom. The smallest absolute Gasteiger partial charge is 0.163 e. The van der Waals surface area contributed by atoms with Gasteiger partial charge in [-0.3, -0.25) is 0 Å². The number of benzene rings is 1. The van der Waals surface area contributed by atoms with E-state index in [1.807, 2.05) is 23.9 Å². The number of nitrogens with zero attached hydrogens (tertiary/aromatic N) is 2. The molecule has 2 heterocycles. The highest BCUT2D eigenvalue weighted by atomic mass is 35.5. The first-order chi connectivity index (χ1) is 10.3. The second-order valence-corrected chi connectivity index (χ2v) is 6.61. The Morgan fingerprint density at radius 3 is 2.71 bits per heavy atom. The van der Waals surface area contributed by atoms with Crippen LogP contribution in [0.3, 0.4) is 0 Å². The molecule has 1 saturated heterocycles. The topological polar surface area (TPSA) is 36.3 Å². The lowest BCUT2D eigenvalue weighted by Crippen LogP contribution is -2.12. The zero-order chi connectivity index (χ0) is 14.8. The van der Waals surface area contributed by atoms with Gasteiger partial charge in [0.05, 0.1) is 31.1 Å². The fourth-order valence-corrected chi connectivity index (χ4v) is 4.27. The molecular formula is C15H19ClN2O2S. The zero-order valence-electron chi connectivity index (χ0n) is 12.3. The molecule has 1 atom stereocenters. The molecule has 0 amide bonds. The van der Waals surface area contributed by atoms with Gasteiger partial charge in [-0.1, -0.05) is 0 Å². The molecule has 6 heteroatoms. The molecule has 1 aliphatic heterocycles. The van der Waals surface area contributed by atoms with Crippen molar-refractivity contribution in [3.05, 3.63) is 18.0 Å². The van der Waals surface area contributed by atoms with Crippen LogP contribution in [0.5, 0.6) is 11.5 Å². The lowest BCUT2D eigenvalue weighted by Gasteiger charge is -2.13. The highest BCUT2D eigenvalue weighted by molar-refractivity contribution is 7.99. The highest BCUT2D eigenvalue weighted by Gasteiger charge is 2.20. The Kier molecular flexibility index (Phi) is 4.50. The van der Waals surface area contributed by atoms with E-state index in [4.69, 9.17) is 21.1 Å². The van der Waals surface area contributed by atoms with E-state index in [1.54, 1.807) is 14.2 Å². The predicted octanol–water partition coefficient (Wildman–Crippen LogP) is 3.55. The molecule has 3 rings (SSSR count). The minimum absolute atomic E-state index is 0.416. The van der Waals surface area contributed by atoms with Crippen molar-refractivity contribution in [1.29, 1.82) is 0 Å². The molecule has 1 aromatic carbocycles. The number of alkyl halides is 1. The summed E-state index contributed by atoms with van der Waals surface area (Å²) in [5.41, 5.74) is 1.98. The van der Waals surface area contributed by atoms with E-state index < -0.39 is 0 Å². The summed E-state index contributed by atoms with van der Waals surface area (Å²) in [5, 5.41) is 0. The van der Waals surface area contributed by atoms with Crippen LogP contribution < -0.4 is 9.47 Å². The monoisotopic (exact) mass is 326 g/mol. The predicted molar refractivity (Wildman–Crippen MR) is 87.8 cm³/mol. The molecule has 1 aromatic heterocycles. The van der Waals surface area contributed by atoms with Crippen LogP contribution in [-0.4, -0.2) is 35.3 Å². The van der Waals surface area contributed by atoms with Gasteiger partial charge in [-0.2, -0.15) is 11.8 Å². The van der Waals surface area contributed by atoms with Crippen LogP contribution in [0.15, 0.2) is 12.1 Å². The largest absolute Gasteiger partial charge is 0.493 e. The summed E-state index contributed by atoms with van der Waals surface area (Å²) < 4.78 is 13.0. The SMILES string of the molecule is COc1cc2nc(CCl)n(CC3CCSC3)c2cc1OC. The van der Waals surface area contributed by atoms with E-state index in [0.717, 1.165) is 29.2 Å². The number of imidazole rings is 1. The quantitative estimate of drug-likeness (QED) is 0.787. The van der Waals surface area contributed by atoms with Gasteiger partial charge in [0.15, 0.2) is 11.5 Å². The third-order valence-electron chi connectivity index (χ3n) is 3.92. The number of hydrogen-bond donors (Lipinski definition) is 0. The number of methoxy groups -OCH3 is 2. The molecule has 1 aliphatic rings. The Labute approximate surface area is 133 Å². The molecule has 4 nitrogen and oxygen atoms in total. The summed E-state index contributed by atoms with van der Waals surface area (Å²) in [6.07, 6.45) is 1.26. The maximum absolute atomic E-state index is 6.09. The Balaban J connectivity index is 2.07. The summed E-state index contributed by atoms with van der Waals surface area (Å²) in [5.74, 6) is 5.93. The number of aromatic nitrogens is 2. The van der Waals surface area contributed by atoms with Crippen molar-refractivity contribution < 1.29 is 9.47 Å². The molecular weight excluding hydrogens is 308 g/mol. The second-order valence-electron chi connectivity index (χ2n) is 5.20. The van der Waals surface area contributed by atoms with Gasteiger partial charge in [-0.05, 0) is 23.8 Å². The Hall–Kier alpha value is -1.07. The van der Waals surface area contributed by atoms with Crippen LogP contribution in [0, 0.1) is 5.92 Å². The van der Waals surface area contributed by atoms with Crippen LogP contribution in [0.1, 0.15) is 12.2 Å². The lowest BCUT2D eigenvalue weighted by molar-refractivity contribution is 0.355. The lowest BCUT2D eigenvalue weighted by atomic mass is 10.1. The first-order valence-electron chi connectivity index (χ1n) is 7.01. The third kappa shape index (κ3) is 2.81. The average molecular weight is 327 g/mol. The third-order valence-corrected chi connectivity index (χ3v) is 5.39. The summed E-state index contributed by atoms with van der Waals surface area (Å²) in [6, 6.07) is 3.92. The Morgan fingerprint density at radius 2 is 2.10 bits per heavy atom. The summed E-state index contributed by atoms with van der Waals surface area (Å²) in [4.78, 5) is 4.65. The number of hydrogen-bond acceptors (Lipinski definition) is 4. The molecule has 0 bridgehead atoms. The fourth-order valence-electron chi connectivity index (χ4n) is 2.79. The maximum atomic E-state index is 6.09. The van der Waals surface area contributed by atoms with E-state index in [1.165, 1.54) is 17.9 Å². The van der Waals surface area contributed by atoms with Gasteiger partial charge >= 0.3 is 0 Å². The standard InChI is InChI=1S/C15H19ClN2O2S/c1-19-13-5-11-12(6-14(13)20-2)18(15(7-16)17-11)8-10-3-4-21-9-10/h5-6,10H,3-4,7-9H2,1-2H3. The van der Waals surface area contributed by atoms with Crippen molar-refractivity contribution in [3.63, 3.8) is 0 Å². The van der Waals surface area contributed by atoms with Crippen LogP contribution in [0.4, 0.5) is 0 Å². The van der Waals surface area contributed by atoms with Gasteiger partial charge in [0.1, 0.15) is 5.82 Å². The summed E-state index contributed by atoms with van der Waals surface area (Å²) in [7, 11) is 3.29. The summed E-state index contributed by atoms with van der Waals surface area (Å²) in [6.45, 7) is 0.973. The van der Waals surface area contributed by atoms with Gasteiger partial charge in [-0.15, -0.1) is 11.6 Å². The Bertz CT molecular complexity index is 638. The maximum Gasteiger partial charge on any atom is 0.163 e. The molecule has 21 heavy (non-hydrogen) atoms. The van der Waals surface area contributed by atoms with E-state index in [0.29, 0.717) is 17.5 Å². The van der Waals surface area contributed by atoms with Crippen LogP contribution in [0.25, 0.3) is 11.0 Å². The zero-order valence-corrected chi connectivity index (χ0v) is 13.8. The molecule has 0 spiro atoms. The van der Waals surface area contributed by atoms with Gasteiger partial charge < -0.3 is 14.0 Å². The number of rotatable bonds is 5. The average Bonchev–Trinajstić information content (AvgIpc) is 3.14. The minimum atomic E-state index is 0.416. The van der Waals surface area contributed by atoms with Crippen LogP contribution in [-0.2, 0) is 12.4 Å². The molecule has 1 fully saturated rings. The number of fused-ring (bicyclic) bond motifs is 1. The van der Waals surface area contributed by atoms with E-state index in [-0.39, 0.29) is 0 Å². The molecule has 0 radical (unpaired) electrons. The normalized spacial score (nSPS) is 18.3. The van der Waals surface area contributed by atoms with Crippen molar-refractivity contribution in [1.82, 2.24) is 9.55 Å². The molecule has 1 unspecified atom stereocenters. The van der Waals surface area contributed by atoms with Crippen molar-refractivity contribution in [2.24, 2.45) is 5.92 Å².